The maximum absolute atomic E-state index is 13.5. The minimum atomic E-state index is -5.13. The number of rotatable bonds is 6. The van der Waals surface area contributed by atoms with Crippen LogP contribution in [0.25, 0.3) is 0 Å². The smallest absolute Gasteiger partial charge is 0.416 e. The molecular weight excluding hydrogens is 559 g/mol. The van der Waals surface area contributed by atoms with Gasteiger partial charge in [0.2, 0.25) is 26.8 Å². The molecular formula is C24H20F7N3O4S. The number of aromatic nitrogens is 2. The summed E-state index contributed by atoms with van der Waals surface area (Å²) in [6.07, 6.45) is -8.57. The average molecular weight is 579 g/mol. The minimum absolute atomic E-state index is 0.0244. The van der Waals surface area contributed by atoms with Gasteiger partial charge in [-0.2, -0.15) is 31.3 Å². The van der Waals surface area contributed by atoms with Crippen LogP contribution in [-0.2, 0) is 32.4 Å². The van der Waals surface area contributed by atoms with E-state index in [-0.39, 0.29) is 17.5 Å². The van der Waals surface area contributed by atoms with Crippen molar-refractivity contribution in [2.75, 3.05) is 18.2 Å². The summed E-state index contributed by atoms with van der Waals surface area (Å²) in [6.45, 7) is 2.24. The van der Waals surface area contributed by atoms with E-state index in [1.807, 2.05) is 0 Å². The van der Waals surface area contributed by atoms with Crippen LogP contribution < -0.4 is 9.64 Å². The summed E-state index contributed by atoms with van der Waals surface area (Å²) >= 11 is 0. The van der Waals surface area contributed by atoms with Gasteiger partial charge in [0.05, 0.1) is 22.7 Å². The van der Waals surface area contributed by atoms with Gasteiger partial charge in [0.15, 0.2) is 0 Å². The van der Waals surface area contributed by atoms with Gasteiger partial charge in [-0.3, -0.25) is 4.79 Å². The Bertz CT molecular complexity index is 1470. The SMILES string of the molecule is CN(C(=O)C(C)(C)c1cc(C(F)(F)F)cc(C(F)(F)F)c1)c1cnc(S(C)(=O)=O)nc1Oc1ccc(F)cc1. The number of likely N-dealkylation sites (N-methyl/N-ethyl adjacent to an activating group) is 1. The van der Waals surface area contributed by atoms with Crippen LogP contribution in [0.4, 0.5) is 36.4 Å². The third-order valence-electron chi connectivity index (χ3n) is 5.58. The highest BCUT2D eigenvalue weighted by molar-refractivity contribution is 7.90. The molecule has 0 unspecified atom stereocenters. The summed E-state index contributed by atoms with van der Waals surface area (Å²) in [5.41, 5.74) is -6.03. The number of halogens is 7. The van der Waals surface area contributed by atoms with Gasteiger partial charge in [-0.05, 0) is 61.9 Å². The summed E-state index contributed by atoms with van der Waals surface area (Å²) in [5.74, 6) is -2.14. The van der Waals surface area contributed by atoms with E-state index in [0.29, 0.717) is 12.1 Å². The highest BCUT2D eigenvalue weighted by Crippen LogP contribution is 2.40. The molecule has 0 aliphatic carbocycles. The predicted molar refractivity (Wildman–Crippen MR) is 124 cm³/mol. The van der Waals surface area contributed by atoms with Gasteiger partial charge in [-0.1, -0.05) is 0 Å². The molecule has 2 aromatic carbocycles. The normalized spacial score (nSPS) is 12.8. The van der Waals surface area contributed by atoms with Gasteiger partial charge in [-0.15, -0.1) is 0 Å². The Kier molecular flexibility index (Phi) is 7.71. The number of carbonyl (C=O) groups is 1. The fourth-order valence-corrected chi connectivity index (χ4v) is 3.90. The molecule has 0 saturated heterocycles. The number of anilines is 1. The van der Waals surface area contributed by atoms with Crippen LogP contribution in [0.15, 0.2) is 53.8 Å². The first-order valence-corrected chi connectivity index (χ1v) is 12.7. The first-order valence-electron chi connectivity index (χ1n) is 10.8. The largest absolute Gasteiger partial charge is 0.437 e. The van der Waals surface area contributed by atoms with E-state index in [4.69, 9.17) is 4.74 Å². The van der Waals surface area contributed by atoms with Crippen molar-refractivity contribution >= 4 is 21.4 Å². The second kappa shape index (κ2) is 10.1. The fourth-order valence-electron chi connectivity index (χ4n) is 3.41. The number of ether oxygens (including phenoxy) is 1. The van der Waals surface area contributed by atoms with Gasteiger partial charge < -0.3 is 9.64 Å². The highest BCUT2D eigenvalue weighted by Gasteiger charge is 2.41. The molecule has 210 valence electrons. The molecule has 0 atom stereocenters. The lowest BCUT2D eigenvalue weighted by Crippen LogP contribution is -2.42. The van der Waals surface area contributed by atoms with Crippen molar-refractivity contribution in [3.8, 4) is 11.6 Å². The van der Waals surface area contributed by atoms with Crippen molar-refractivity contribution in [1.82, 2.24) is 9.97 Å². The lowest BCUT2D eigenvalue weighted by atomic mass is 9.81. The van der Waals surface area contributed by atoms with Crippen LogP contribution in [0.3, 0.4) is 0 Å². The maximum atomic E-state index is 13.5. The van der Waals surface area contributed by atoms with Crippen molar-refractivity contribution < 1.29 is 48.7 Å². The van der Waals surface area contributed by atoms with Crippen molar-refractivity contribution in [2.24, 2.45) is 0 Å². The quantitative estimate of drug-likeness (QED) is 0.271. The van der Waals surface area contributed by atoms with E-state index >= 15 is 0 Å². The van der Waals surface area contributed by atoms with Crippen molar-refractivity contribution in [3.05, 3.63) is 71.2 Å². The highest BCUT2D eigenvalue weighted by atomic mass is 32.2. The Morgan fingerprint density at radius 1 is 0.897 bits per heavy atom. The lowest BCUT2D eigenvalue weighted by molar-refractivity contribution is -0.143. The van der Waals surface area contributed by atoms with Crippen LogP contribution in [0.2, 0.25) is 0 Å². The molecule has 15 heteroatoms. The van der Waals surface area contributed by atoms with E-state index < -0.39 is 67.1 Å². The minimum Gasteiger partial charge on any atom is -0.437 e. The summed E-state index contributed by atoms with van der Waals surface area (Å²) in [7, 11) is -2.85. The average Bonchev–Trinajstić information content (AvgIpc) is 2.82. The van der Waals surface area contributed by atoms with Crippen LogP contribution in [-0.4, -0.2) is 37.6 Å². The molecule has 3 aromatic rings. The summed E-state index contributed by atoms with van der Waals surface area (Å²) < 4.78 is 123. The van der Waals surface area contributed by atoms with Crippen LogP contribution in [0, 0.1) is 5.82 Å². The van der Waals surface area contributed by atoms with Gasteiger partial charge in [0.1, 0.15) is 17.3 Å². The molecule has 39 heavy (non-hydrogen) atoms. The van der Waals surface area contributed by atoms with Gasteiger partial charge in [-0.25, -0.2) is 17.8 Å². The number of benzene rings is 2. The Hall–Kier alpha value is -3.75. The van der Waals surface area contributed by atoms with E-state index in [1.54, 1.807) is 0 Å². The second-order valence-electron chi connectivity index (χ2n) is 8.95. The molecule has 0 radical (unpaired) electrons. The molecule has 0 bridgehead atoms. The Labute approximate surface area is 218 Å². The van der Waals surface area contributed by atoms with Crippen LogP contribution in [0.5, 0.6) is 11.6 Å². The number of sulfone groups is 1. The summed E-state index contributed by atoms with van der Waals surface area (Å²) in [5, 5.41) is -0.698. The molecule has 7 nitrogen and oxygen atoms in total. The Balaban J connectivity index is 2.12. The standard InChI is InChI=1S/C24H20F7N3O4S/c1-22(2,13-9-14(23(26,27)28)11-15(10-13)24(29,30)31)20(35)34(3)18-12-32-21(39(4,36)37)33-19(18)38-17-7-5-16(25)6-8-17/h5-12H,1-4H3. The maximum Gasteiger partial charge on any atom is 0.416 e. The zero-order chi connectivity index (χ0) is 29.6. The van der Waals surface area contributed by atoms with Crippen LogP contribution in [0.1, 0.15) is 30.5 Å². The monoisotopic (exact) mass is 579 g/mol. The Morgan fingerprint density at radius 3 is 1.85 bits per heavy atom. The van der Waals surface area contributed by atoms with E-state index in [1.165, 1.54) is 12.1 Å². The fraction of sp³-hybridized carbons (Fsp3) is 0.292. The van der Waals surface area contributed by atoms with Crippen molar-refractivity contribution in [1.29, 1.82) is 0 Å². The zero-order valence-corrected chi connectivity index (χ0v) is 21.5. The van der Waals surface area contributed by atoms with Gasteiger partial charge >= 0.3 is 12.4 Å². The predicted octanol–water partition coefficient (Wildman–Crippen LogP) is 5.79. The van der Waals surface area contributed by atoms with Gasteiger partial charge in [0.25, 0.3) is 0 Å². The zero-order valence-electron chi connectivity index (χ0n) is 20.6. The van der Waals surface area contributed by atoms with E-state index in [0.717, 1.165) is 50.4 Å². The Morgan fingerprint density at radius 2 is 1.38 bits per heavy atom. The van der Waals surface area contributed by atoms with Gasteiger partial charge in [0, 0.05) is 13.3 Å². The first kappa shape index (κ1) is 29.8. The molecule has 3 rings (SSSR count). The molecule has 0 N–H and O–H groups in total. The number of alkyl halides is 6. The molecule has 1 heterocycles. The number of hydrogen-bond acceptors (Lipinski definition) is 6. The number of carbonyl (C=O) groups excluding carboxylic acids is 1. The topological polar surface area (TPSA) is 89.5 Å². The van der Waals surface area contributed by atoms with Crippen molar-refractivity contribution in [3.63, 3.8) is 0 Å². The number of amides is 1. The molecule has 1 amide bonds. The molecule has 0 aliphatic heterocycles. The lowest BCUT2D eigenvalue weighted by Gasteiger charge is -2.31. The second-order valence-corrected chi connectivity index (χ2v) is 10.9. The van der Waals surface area contributed by atoms with Crippen molar-refractivity contribution in [2.45, 2.75) is 36.8 Å². The number of hydrogen-bond donors (Lipinski definition) is 0. The number of nitrogens with zero attached hydrogens (tertiary/aromatic N) is 3. The summed E-state index contributed by atoms with van der Waals surface area (Å²) in [4.78, 5) is 21.8. The molecule has 1 aromatic heterocycles. The molecule has 0 fully saturated rings. The van der Waals surface area contributed by atoms with Crippen LogP contribution >= 0.6 is 0 Å². The molecule has 0 saturated carbocycles. The third-order valence-corrected chi connectivity index (χ3v) is 6.44. The first-order chi connectivity index (χ1) is 17.7. The van der Waals surface area contributed by atoms with E-state index in [9.17, 15) is 43.9 Å². The molecule has 0 spiro atoms. The third kappa shape index (κ3) is 6.64. The van der Waals surface area contributed by atoms with E-state index in [2.05, 4.69) is 9.97 Å². The summed E-state index contributed by atoms with van der Waals surface area (Å²) in [6, 6.07) is 5.23. The molecule has 0 aliphatic rings.